The van der Waals surface area contributed by atoms with Crippen LogP contribution in [-0.2, 0) is 6.42 Å². The van der Waals surface area contributed by atoms with Crippen LogP contribution in [0.15, 0.2) is 54.7 Å². The second kappa shape index (κ2) is 5.59. The number of nitrogens with zero attached hydrogens (tertiary/aromatic N) is 1. The average Bonchev–Trinajstić information content (AvgIpc) is 2.91. The molecule has 0 atom stereocenters. The van der Waals surface area contributed by atoms with E-state index in [0.29, 0.717) is 0 Å². The molecule has 0 fully saturated rings. The van der Waals surface area contributed by atoms with Gasteiger partial charge in [-0.25, -0.2) is 0 Å². The molecule has 0 aliphatic heterocycles. The number of pyridine rings is 1. The van der Waals surface area contributed by atoms with E-state index in [1.807, 2.05) is 24.5 Å². The molecule has 2 heteroatoms. The Labute approximate surface area is 124 Å². The Kier molecular flexibility index (Phi) is 3.66. The molecule has 0 saturated heterocycles. The van der Waals surface area contributed by atoms with Crippen molar-refractivity contribution >= 4 is 11.3 Å². The van der Waals surface area contributed by atoms with Crippen molar-refractivity contribution in [3.63, 3.8) is 0 Å². The number of aromatic nitrogens is 1. The van der Waals surface area contributed by atoms with Crippen LogP contribution in [0.3, 0.4) is 0 Å². The van der Waals surface area contributed by atoms with Gasteiger partial charge in [-0.1, -0.05) is 30.3 Å². The van der Waals surface area contributed by atoms with Crippen molar-refractivity contribution in [2.24, 2.45) is 0 Å². The van der Waals surface area contributed by atoms with E-state index in [1.54, 1.807) is 0 Å². The summed E-state index contributed by atoms with van der Waals surface area (Å²) in [5.74, 6) is 0. The van der Waals surface area contributed by atoms with Crippen molar-refractivity contribution in [2.45, 2.75) is 20.3 Å². The van der Waals surface area contributed by atoms with Crippen LogP contribution in [0.1, 0.15) is 21.7 Å². The SMILES string of the molecule is Cc1ccc(-c2ccc(Cc3ccccc3C)s2)cn1. The molecular formula is C18H17NS. The summed E-state index contributed by atoms with van der Waals surface area (Å²) in [6, 6.07) is 17.2. The Hall–Kier alpha value is -1.93. The smallest absolute Gasteiger partial charge is 0.0373 e. The molecule has 2 heterocycles. The van der Waals surface area contributed by atoms with E-state index in [9.17, 15) is 0 Å². The summed E-state index contributed by atoms with van der Waals surface area (Å²) in [4.78, 5) is 7.06. The molecule has 0 spiro atoms. The number of rotatable bonds is 3. The summed E-state index contributed by atoms with van der Waals surface area (Å²) in [6.07, 6.45) is 2.97. The minimum absolute atomic E-state index is 1.01. The van der Waals surface area contributed by atoms with Gasteiger partial charge in [-0.3, -0.25) is 4.98 Å². The zero-order valence-corrected chi connectivity index (χ0v) is 12.6. The maximum absolute atomic E-state index is 4.37. The molecule has 0 radical (unpaired) electrons. The predicted molar refractivity (Wildman–Crippen MR) is 86.3 cm³/mol. The Morgan fingerprint density at radius 2 is 1.80 bits per heavy atom. The molecule has 20 heavy (non-hydrogen) atoms. The molecule has 3 aromatic rings. The lowest BCUT2D eigenvalue weighted by molar-refractivity contribution is 1.19. The molecule has 0 aliphatic carbocycles. The molecule has 0 saturated carbocycles. The summed E-state index contributed by atoms with van der Waals surface area (Å²) in [5, 5.41) is 0. The summed E-state index contributed by atoms with van der Waals surface area (Å²) >= 11 is 1.86. The molecular weight excluding hydrogens is 262 g/mol. The van der Waals surface area contributed by atoms with Crippen molar-refractivity contribution < 1.29 is 0 Å². The third-order valence-electron chi connectivity index (χ3n) is 3.48. The molecule has 1 aromatic carbocycles. The summed E-state index contributed by atoms with van der Waals surface area (Å²) in [7, 11) is 0. The fourth-order valence-corrected chi connectivity index (χ4v) is 3.26. The highest BCUT2D eigenvalue weighted by Gasteiger charge is 2.05. The molecule has 0 aliphatic rings. The van der Waals surface area contributed by atoms with Crippen molar-refractivity contribution in [3.05, 3.63) is 76.4 Å². The van der Waals surface area contributed by atoms with Gasteiger partial charge >= 0.3 is 0 Å². The van der Waals surface area contributed by atoms with Gasteiger partial charge in [0.15, 0.2) is 0 Å². The Morgan fingerprint density at radius 3 is 2.55 bits per heavy atom. The Balaban J connectivity index is 1.84. The standard InChI is InChI=1S/C18H17NS/c1-13-5-3-4-6-15(13)11-17-9-10-18(20-17)16-8-7-14(2)19-12-16/h3-10,12H,11H2,1-2H3. The molecule has 0 bridgehead atoms. The van der Waals surface area contributed by atoms with Gasteiger partial charge in [0.2, 0.25) is 0 Å². The lowest BCUT2D eigenvalue weighted by atomic mass is 10.1. The van der Waals surface area contributed by atoms with Crippen LogP contribution in [0.5, 0.6) is 0 Å². The van der Waals surface area contributed by atoms with E-state index in [0.717, 1.165) is 12.1 Å². The second-order valence-electron chi connectivity index (χ2n) is 5.06. The molecule has 0 amide bonds. The zero-order chi connectivity index (χ0) is 13.9. The molecule has 0 unspecified atom stereocenters. The average molecular weight is 279 g/mol. The quantitative estimate of drug-likeness (QED) is 0.656. The van der Waals surface area contributed by atoms with Gasteiger partial charge in [-0.2, -0.15) is 0 Å². The third kappa shape index (κ3) is 2.81. The normalized spacial score (nSPS) is 10.7. The Morgan fingerprint density at radius 1 is 0.950 bits per heavy atom. The van der Waals surface area contributed by atoms with E-state index >= 15 is 0 Å². The van der Waals surface area contributed by atoms with Crippen molar-refractivity contribution in [1.82, 2.24) is 4.98 Å². The molecule has 1 nitrogen and oxygen atoms in total. The fourth-order valence-electron chi connectivity index (χ4n) is 2.24. The van der Waals surface area contributed by atoms with Crippen molar-refractivity contribution in [1.29, 1.82) is 0 Å². The van der Waals surface area contributed by atoms with Crippen LogP contribution >= 0.6 is 11.3 Å². The number of hydrogen-bond acceptors (Lipinski definition) is 2. The number of hydrogen-bond donors (Lipinski definition) is 0. The first-order valence-electron chi connectivity index (χ1n) is 6.78. The van der Waals surface area contributed by atoms with Crippen LogP contribution in [0.2, 0.25) is 0 Å². The number of aryl methyl sites for hydroxylation is 2. The van der Waals surface area contributed by atoms with Crippen LogP contribution in [0.25, 0.3) is 10.4 Å². The number of thiophene rings is 1. The van der Waals surface area contributed by atoms with Gasteiger partial charge in [0.1, 0.15) is 0 Å². The van der Waals surface area contributed by atoms with Gasteiger partial charge in [0.25, 0.3) is 0 Å². The van der Waals surface area contributed by atoms with Crippen molar-refractivity contribution in [3.8, 4) is 10.4 Å². The third-order valence-corrected chi connectivity index (χ3v) is 4.62. The van der Waals surface area contributed by atoms with Crippen LogP contribution in [-0.4, -0.2) is 4.98 Å². The van der Waals surface area contributed by atoms with Crippen molar-refractivity contribution in [2.75, 3.05) is 0 Å². The maximum atomic E-state index is 4.37. The molecule has 3 rings (SSSR count). The first-order chi connectivity index (χ1) is 9.72. The molecule has 2 aromatic heterocycles. The van der Waals surface area contributed by atoms with Gasteiger partial charge < -0.3 is 0 Å². The largest absolute Gasteiger partial charge is 0.261 e. The monoisotopic (exact) mass is 279 g/mol. The zero-order valence-electron chi connectivity index (χ0n) is 11.8. The van der Waals surface area contributed by atoms with E-state index in [4.69, 9.17) is 0 Å². The van der Waals surface area contributed by atoms with Crippen LogP contribution in [0.4, 0.5) is 0 Å². The summed E-state index contributed by atoms with van der Waals surface area (Å²) in [6.45, 7) is 4.19. The second-order valence-corrected chi connectivity index (χ2v) is 6.23. The topological polar surface area (TPSA) is 12.9 Å². The Bertz CT molecular complexity index is 710. The number of benzene rings is 1. The highest BCUT2D eigenvalue weighted by Crippen LogP contribution is 2.29. The molecule has 0 N–H and O–H groups in total. The minimum Gasteiger partial charge on any atom is -0.261 e. The summed E-state index contributed by atoms with van der Waals surface area (Å²) in [5.41, 5.74) is 5.03. The van der Waals surface area contributed by atoms with Gasteiger partial charge in [0.05, 0.1) is 0 Å². The predicted octanol–water partition coefficient (Wildman–Crippen LogP) is 5.02. The maximum Gasteiger partial charge on any atom is 0.0373 e. The lowest BCUT2D eigenvalue weighted by Crippen LogP contribution is -1.87. The van der Waals surface area contributed by atoms with Gasteiger partial charge in [0, 0.05) is 33.6 Å². The van der Waals surface area contributed by atoms with E-state index in [-0.39, 0.29) is 0 Å². The van der Waals surface area contributed by atoms with Crippen LogP contribution in [0, 0.1) is 13.8 Å². The van der Waals surface area contributed by atoms with Crippen LogP contribution < -0.4 is 0 Å². The van der Waals surface area contributed by atoms with E-state index in [1.165, 1.54) is 26.4 Å². The highest BCUT2D eigenvalue weighted by atomic mass is 32.1. The molecule has 100 valence electrons. The van der Waals surface area contributed by atoms with E-state index in [2.05, 4.69) is 60.4 Å². The van der Waals surface area contributed by atoms with E-state index < -0.39 is 0 Å². The summed E-state index contributed by atoms with van der Waals surface area (Å²) < 4.78 is 0. The first kappa shape index (κ1) is 13.1. The highest BCUT2D eigenvalue weighted by molar-refractivity contribution is 7.15. The lowest BCUT2D eigenvalue weighted by Gasteiger charge is -2.03. The first-order valence-corrected chi connectivity index (χ1v) is 7.60. The fraction of sp³-hybridized carbons (Fsp3) is 0.167. The van der Waals surface area contributed by atoms with Gasteiger partial charge in [-0.05, 0) is 43.2 Å². The minimum atomic E-state index is 1.01. The van der Waals surface area contributed by atoms with Gasteiger partial charge in [-0.15, -0.1) is 11.3 Å².